The first kappa shape index (κ1) is 22.7. The second-order valence-electron chi connectivity index (χ2n) is 7.06. The molecule has 0 unspecified atom stereocenters. The third kappa shape index (κ3) is 3.79. The number of nitrogens with one attached hydrogen (secondary N) is 2. The molecule has 2 N–H and O–H groups in total. The highest BCUT2D eigenvalue weighted by molar-refractivity contribution is 9.10. The van der Waals surface area contributed by atoms with Crippen LogP contribution in [-0.4, -0.2) is 26.3 Å². The van der Waals surface area contributed by atoms with E-state index in [-0.39, 0.29) is 30.0 Å². The van der Waals surface area contributed by atoms with Crippen molar-refractivity contribution in [3.8, 4) is 11.5 Å². The number of hydrogen-bond donors (Lipinski definition) is 2. The molecule has 1 aliphatic rings. The van der Waals surface area contributed by atoms with E-state index in [1.165, 1.54) is 22.7 Å². The van der Waals surface area contributed by atoms with Crippen LogP contribution in [0.5, 0.6) is 11.5 Å². The van der Waals surface area contributed by atoms with Crippen LogP contribution in [0.4, 0.5) is 22.0 Å². The molecule has 0 atom stereocenters. The van der Waals surface area contributed by atoms with Gasteiger partial charge in [0.25, 0.3) is 0 Å². The summed E-state index contributed by atoms with van der Waals surface area (Å²) in [5.74, 6) is -8.84. The highest BCUT2D eigenvalue weighted by Crippen LogP contribution is 2.42. The zero-order valence-electron chi connectivity index (χ0n) is 16.7. The summed E-state index contributed by atoms with van der Waals surface area (Å²) >= 11 is 4.66. The SMILES string of the molecule is N=c1ncn(CCc2c(F)c(F)c(F)c(F)c2F)c2nc(Sc3cc4c(cc3Br)OCO4)[nH]c12. The summed E-state index contributed by atoms with van der Waals surface area (Å²) in [6, 6.07) is 3.50. The first-order chi connectivity index (χ1) is 16.2. The van der Waals surface area contributed by atoms with E-state index in [2.05, 4.69) is 30.9 Å². The van der Waals surface area contributed by atoms with E-state index in [4.69, 9.17) is 14.9 Å². The largest absolute Gasteiger partial charge is 0.454 e. The Morgan fingerprint density at radius 2 is 1.68 bits per heavy atom. The number of fused-ring (bicyclic) bond motifs is 2. The van der Waals surface area contributed by atoms with E-state index in [1.54, 1.807) is 12.1 Å². The zero-order valence-corrected chi connectivity index (χ0v) is 19.1. The van der Waals surface area contributed by atoms with E-state index < -0.39 is 41.1 Å². The van der Waals surface area contributed by atoms with Crippen LogP contribution in [0.3, 0.4) is 0 Å². The number of aryl methyl sites for hydroxylation is 1. The van der Waals surface area contributed by atoms with Gasteiger partial charge in [-0.1, -0.05) is 11.8 Å². The number of rotatable bonds is 5. The van der Waals surface area contributed by atoms with Crippen molar-refractivity contribution >= 4 is 38.9 Å². The van der Waals surface area contributed by atoms with Gasteiger partial charge in [-0.25, -0.2) is 31.9 Å². The molecule has 176 valence electrons. The van der Waals surface area contributed by atoms with Crippen molar-refractivity contribution < 1.29 is 31.4 Å². The molecule has 34 heavy (non-hydrogen) atoms. The second-order valence-corrected chi connectivity index (χ2v) is 8.95. The predicted molar refractivity (Wildman–Crippen MR) is 112 cm³/mol. The lowest BCUT2D eigenvalue weighted by atomic mass is 10.1. The van der Waals surface area contributed by atoms with Crippen LogP contribution in [0.2, 0.25) is 0 Å². The number of nitrogens with zero attached hydrogens (tertiary/aromatic N) is 3. The molecule has 0 saturated carbocycles. The molecule has 0 bridgehead atoms. The Kier molecular flexibility index (Phi) is 5.72. The number of hydrogen-bond acceptors (Lipinski definition) is 6. The lowest BCUT2D eigenvalue weighted by molar-refractivity contribution is 0.174. The van der Waals surface area contributed by atoms with Crippen molar-refractivity contribution in [3.05, 3.63) is 63.1 Å². The average Bonchev–Trinajstić information content (AvgIpc) is 3.45. The van der Waals surface area contributed by atoms with Crippen molar-refractivity contribution in [2.24, 2.45) is 0 Å². The molecule has 0 amide bonds. The first-order valence-electron chi connectivity index (χ1n) is 9.51. The van der Waals surface area contributed by atoms with E-state index in [9.17, 15) is 22.0 Å². The zero-order chi connectivity index (χ0) is 24.1. The molecule has 0 fully saturated rings. The molecule has 7 nitrogen and oxygen atoms in total. The van der Waals surface area contributed by atoms with Gasteiger partial charge in [-0.05, 0) is 34.5 Å². The molecule has 2 aromatic carbocycles. The fourth-order valence-electron chi connectivity index (χ4n) is 3.36. The number of aromatic nitrogens is 4. The van der Waals surface area contributed by atoms with Gasteiger partial charge < -0.3 is 19.0 Å². The van der Waals surface area contributed by atoms with Crippen molar-refractivity contribution in [2.45, 2.75) is 23.0 Å². The Bertz CT molecular complexity index is 1500. The maximum absolute atomic E-state index is 14.0. The standard InChI is InChI=1S/C20H11BrF5N5O2S/c21-8-3-9-10(33-6-32-9)4-11(8)34-20-29-17-18(27)28-5-31(19(17)30-20)2-1-7-12(22)14(24)16(26)15(25)13(7)23/h3-5,27H,1-2,6H2,(H,29,30). The number of ether oxygens (including phenoxy) is 2. The van der Waals surface area contributed by atoms with Gasteiger partial charge in [0.2, 0.25) is 12.6 Å². The maximum atomic E-state index is 14.0. The van der Waals surface area contributed by atoms with Crippen LogP contribution in [-0.2, 0) is 13.0 Å². The Labute approximate surface area is 199 Å². The first-order valence-corrected chi connectivity index (χ1v) is 11.1. The molecule has 0 radical (unpaired) electrons. The summed E-state index contributed by atoms with van der Waals surface area (Å²) in [6.07, 6.45) is 0.691. The van der Waals surface area contributed by atoms with Crippen molar-refractivity contribution in [2.75, 3.05) is 6.79 Å². The van der Waals surface area contributed by atoms with Gasteiger partial charge in [0.1, 0.15) is 5.52 Å². The number of imidazole rings is 1. The van der Waals surface area contributed by atoms with Crippen LogP contribution in [0.25, 0.3) is 11.2 Å². The molecule has 14 heteroatoms. The quantitative estimate of drug-likeness (QED) is 0.208. The minimum Gasteiger partial charge on any atom is -0.454 e. The number of H-pyrrole nitrogens is 1. The fraction of sp³-hybridized carbons (Fsp3) is 0.150. The van der Waals surface area contributed by atoms with Crippen molar-refractivity contribution in [3.63, 3.8) is 0 Å². The molecule has 2 aromatic heterocycles. The van der Waals surface area contributed by atoms with Crippen molar-refractivity contribution in [1.82, 2.24) is 19.5 Å². The van der Waals surface area contributed by atoms with Gasteiger partial charge in [0, 0.05) is 21.5 Å². The topological polar surface area (TPSA) is 88.8 Å². The summed E-state index contributed by atoms with van der Waals surface area (Å²) in [5, 5.41) is 8.40. The number of benzene rings is 2. The highest BCUT2D eigenvalue weighted by Gasteiger charge is 2.25. The Morgan fingerprint density at radius 1 is 1.03 bits per heavy atom. The molecular formula is C20H11BrF5N5O2S. The Balaban J connectivity index is 1.47. The summed E-state index contributed by atoms with van der Waals surface area (Å²) < 4.78 is 81.2. The van der Waals surface area contributed by atoms with Crippen LogP contribution in [0.15, 0.2) is 33.0 Å². The third-order valence-electron chi connectivity index (χ3n) is 5.04. The smallest absolute Gasteiger partial charge is 0.231 e. The second kappa shape index (κ2) is 8.58. The van der Waals surface area contributed by atoms with Crippen LogP contribution >= 0.6 is 27.7 Å². The van der Waals surface area contributed by atoms with E-state index in [1.807, 2.05) is 0 Å². The molecular weight excluding hydrogens is 549 g/mol. The van der Waals surface area contributed by atoms with Crippen LogP contribution in [0, 0.1) is 34.5 Å². The van der Waals surface area contributed by atoms with Gasteiger partial charge in [0.05, 0.1) is 6.33 Å². The molecule has 0 spiro atoms. The summed E-state index contributed by atoms with van der Waals surface area (Å²) in [7, 11) is 0. The molecule has 0 saturated heterocycles. The van der Waals surface area contributed by atoms with Gasteiger partial charge in [-0.15, -0.1) is 0 Å². The Hall–Kier alpha value is -3.13. The average molecular weight is 560 g/mol. The minimum atomic E-state index is -2.21. The fourth-order valence-corrected chi connectivity index (χ4v) is 4.74. The third-order valence-corrected chi connectivity index (χ3v) is 6.90. The summed E-state index contributed by atoms with van der Waals surface area (Å²) in [6.45, 7) is -0.0950. The van der Waals surface area contributed by atoms with E-state index in [0.29, 0.717) is 21.1 Å². The minimum absolute atomic E-state index is 0.109. The van der Waals surface area contributed by atoms with Crippen LogP contribution in [0.1, 0.15) is 5.56 Å². The predicted octanol–water partition coefficient (Wildman–Crippen LogP) is 4.82. The monoisotopic (exact) mass is 559 g/mol. The number of halogens is 6. The summed E-state index contributed by atoms with van der Waals surface area (Å²) in [4.78, 5) is 12.0. The lowest BCUT2D eigenvalue weighted by Crippen LogP contribution is -2.15. The van der Waals surface area contributed by atoms with Gasteiger partial charge in [-0.2, -0.15) is 0 Å². The molecule has 4 aromatic rings. The molecule has 1 aliphatic heterocycles. The van der Waals surface area contributed by atoms with Gasteiger partial charge >= 0.3 is 0 Å². The lowest BCUT2D eigenvalue weighted by Gasteiger charge is -2.10. The van der Waals surface area contributed by atoms with Crippen molar-refractivity contribution in [1.29, 1.82) is 5.41 Å². The van der Waals surface area contributed by atoms with E-state index >= 15 is 0 Å². The maximum Gasteiger partial charge on any atom is 0.231 e. The normalized spacial score (nSPS) is 12.6. The van der Waals surface area contributed by atoms with Crippen LogP contribution < -0.4 is 15.0 Å². The molecule has 5 rings (SSSR count). The highest BCUT2D eigenvalue weighted by atomic mass is 79.9. The molecule has 0 aliphatic carbocycles. The van der Waals surface area contributed by atoms with E-state index in [0.717, 1.165) is 4.90 Å². The summed E-state index contributed by atoms with van der Waals surface area (Å²) in [5.41, 5.74) is -0.615. The van der Waals surface area contributed by atoms with Gasteiger partial charge in [0.15, 0.2) is 51.1 Å². The van der Waals surface area contributed by atoms with Gasteiger partial charge in [-0.3, -0.25) is 5.41 Å². The molecule has 3 heterocycles. The Morgan fingerprint density at radius 3 is 2.38 bits per heavy atom. The number of aromatic amines is 1.